The van der Waals surface area contributed by atoms with Gasteiger partial charge in [-0.3, -0.25) is 4.55 Å². The molecule has 0 heterocycles. The molecule has 0 radical (unpaired) electrons. The number of aliphatic hydroxyl groups excluding tert-OH is 1. The Labute approximate surface area is 166 Å². The molecule has 0 aliphatic carbocycles. The van der Waals surface area contributed by atoms with Crippen LogP contribution in [0.5, 0.6) is 0 Å². The van der Waals surface area contributed by atoms with Crippen LogP contribution in [0.4, 0.5) is 0 Å². The number of aliphatic carboxylic acids is 2. The van der Waals surface area contributed by atoms with E-state index in [0.29, 0.717) is 13.0 Å². The van der Waals surface area contributed by atoms with Crippen LogP contribution in [0.1, 0.15) is 12.8 Å². The molecule has 0 aromatic carbocycles. The van der Waals surface area contributed by atoms with E-state index in [2.05, 4.69) is 6.58 Å². The molecule has 12 heteroatoms. The van der Waals surface area contributed by atoms with E-state index in [1.165, 1.54) is 0 Å². The van der Waals surface area contributed by atoms with Gasteiger partial charge in [-0.1, -0.05) is 6.08 Å². The van der Waals surface area contributed by atoms with Gasteiger partial charge in [0.15, 0.2) is 0 Å². The molecule has 0 bridgehead atoms. The minimum Gasteiger partial charge on any atom is -0.550 e. The van der Waals surface area contributed by atoms with Gasteiger partial charge in [-0.05, 0) is 6.42 Å². The van der Waals surface area contributed by atoms with E-state index in [4.69, 9.17) is 15.4 Å². The van der Waals surface area contributed by atoms with Gasteiger partial charge in [0.2, 0.25) is 0 Å². The molecule has 0 spiro atoms. The number of rotatable bonds is 7. The van der Waals surface area contributed by atoms with E-state index in [1.807, 2.05) is 0 Å². The van der Waals surface area contributed by atoms with E-state index in [0.717, 1.165) is 0 Å². The summed E-state index contributed by atoms with van der Waals surface area (Å²) in [6.45, 7) is 3.76. The van der Waals surface area contributed by atoms with Crippen LogP contribution in [0.25, 0.3) is 0 Å². The van der Waals surface area contributed by atoms with E-state index in [9.17, 15) is 28.2 Å². The Balaban J connectivity index is -0.000000140. The molecule has 0 aromatic heterocycles. The molecular weight excluding hydrogens is 328 g/mol. The Bertz CT molecular complexity index is 414. The molecular formula is C9H15NNa2O8S. The number of hydrogen-bond donors (Lipinski definition) is 3. The number of aliphatic hydroxyl groups is 1. The summed E-state index contributed by atoms with van der Waals surface area (Å²) in [4.78, 5) is 19.7. The number of carbonyl (C=O) groups excluding carboxylic acids is 2. The zero-order valence-electron chi connectivity index (χ0n) is 11.9. The normalized spacial score (nSPS) is 12.3. The van der Waals surface area contributed by atoms with E-state index < -0.39 is 39.8 Å². The number of hydrogen-bond acceptors (Lipinski definition) is 8. The first-order valence-corrected chi connectivity index (χ1v) is 6.42. The zero-order chi connectivity index (χ0) is 15.6. The Hall–Kier alpha value is 0.510. The second-order valence-electron chi connectivity index (χ2n) is 3.31. The van der Waals surface area contributed by atoms with Gasteiger partial charge < -0.3 is 30.6 Å². The molecule has 0 aliphatic heterocycles. The van der Waals surface area contributed by atoms with Gasteiger partial charge in [-0.25, -0.2) is 0 Å². The van der Waals surface area contributed by atoms with E-state index in [-0.39, 0.29) is 59.1 Å². The molecule has 4 N–H and O–H groups in total. The number of carboxylic acid groups (broad SMARTS) is 2. The second-order valence-corrected chi connectivity index (χ2v) is 4.91. The summed E-state index contributed by atoms with van der Waals surface area (Å²) in [7, 11) is -4.94. The molecule has 2 unspecified atom stereocenters. The summed E-state index contributed by atoms with van der Waals surface area (Å²) in [6, 6.07) is 0. The fourth-order valence-corrected chi connectivity index (χ4v) is 1.34. The van der Waals surface area contributed by atoms with Gasteiger partial charge in [0.1, 0.15) is 5.25 Å². The number of nitrogens with two attached hydrogens (primary N) is 1. The SMILES string of the molecule is C=CCC(O)CN.O=C([O-])CC(C(=O)[O-])S(=O)(=O)O.[Na+].[Na+]. The first-order chi connectivity index (χ1) is 8.56. The molecule has 0 saturated carbocycles. The zero-order valence-corrected chi connectivity index (χ0v) is 16.7. The van der Waals surface area contributed by atoms with Gasteiger partial charge >= 0.3 is 59.1 Å². The van der Waals surface area contributed by atoms with E-state index >= 15 is 0 Å². The van der Waals surface area contributed by atoms with Crippen molar-refractivity contribution >= 4 is 22.1 Å². The Kier molecular flexibility index (Phi) is 21.7. The predicted molar refractivity (Wildman–Crippen MR) is 59.8 cm³/mol. The van der Waals surface area contributed by atoms with Crippen LogP contribution in [0.15, 0.2) is 12.7 Å². The molecule has 0 rings (SSSR count). The number of carbonyl (C=O) groups is 2. The van der Waals surface area contributed by atoms with Crippen LogP contribution in [0.3, 0.4) is 0 Å². The van der Waals surface area contributed by atoms with Crippen molar-refractivity contribution < 1.29 is 97.0 Å². The fourth-order valence-electron chi connectivity index (χ4n) is 0.750. The maximum absolute atomic E-state index is 10.2. The number of carboxylic acids is 2. The Morgan fingerprint density at radius 1 is 1.29 bits per heavy atom. The summed E-state index contributed by atoms with van der Waals surface area (Å²) in [5.74, 6) is -4.08. The van der Waals surface area contributed by atoms with Crippen molar-refractivity contribution in [1.29, 1.82) is 0 Å². The van der Waals surface area contributed by atoms with Crippen molar-refractivity contribution in [2.45, 2.75) is 24.2 Å². The molecule has 0 amide bonds. The summed E-state index contributed by atoms with van der Waals surface area (Å²) in [5, 5.41) is 25.9. The largest absolute Gasteiger partial charge is 1.00 e. The van der Waals surface area contributed by atoms with Gasteiger partial charge in [-0.2, -0.15) is 8.42 Å². The smallest absolute Gasteiger partial charge is 0.550 e. The van der Waals surface area contributed by atoms with Gasteiger partial charge in [0.05, 0.1) is 12.1 Å². The maximum atomic E-state index is 10.2. The standard InChI is InChI=1S/C5H11NO.C4H6O7S.2Na/c1-2-3-5(7)4-6;5-3(6)1-2(4(7)8)12(9,10)11;;/h2,5,7H,1,3-4,6H2;2H,1H2,(H,5,6)(H,7,8)(H,9,10,11);;/q;;2*+1/p-2. The minimum atomic E-state index is -4.94. The second kappa shape index (κ2) is 15.4. The molecule has 21 heavy (non-hydrogen) atoms. The monoisotopic (exact) mass is 343 g/mol. The molecule has 0 aromatic rings. The third-order valence-corrected chi connectivity index (χ3v) is 2.76. The first kappa shape index (κ1) is 29.5. The van der Waals surface area contributed by atoms with Crippen molar-refractivity contribution in [3.8, 4) is 0 Å². The van der Waals surface area contributed by atoms with Gasteiger partial charge in [0.25, 0.3) is 10.1 Å². The van der Waals surface area contributed by atoms with Crippen LogP contribution < -0.4 is 75.1 Å². The molecule has 0 aliphatic rings. The third-order valence-electron chi connectivity index (χ3n) is 1.69. The van der Waals surface area contributed by atoms with Crippen LogP contribution in [0.2, 0.25) is 0 Å². The van der Waals surface area contributed by atoms with Crippen molar-refractivity contribution in [1.82, 2.24) is 0 Å². The first-order valence-electron chi connectivity index (χ1n) is 4.92. The molecule has 112 valence electrons. The quantitative estimate of drug-likeness (QED) is 0.230. The molecule has 9 nitrogen and oxygen atoms in total. The van der Waals surface area contributed by atoms with E-state index in [1.54, 1.807) is 6.08 Å². The summed E-state index contributed by atoms with van der Waals surface area (Å²) >= 11 is 0. The van der Waals surface area contributed by atoms with Crippen LogP contribution in [0, 0.1) is 0 Å². The topological polar surface area (TPSA) is 181 Å². The molecule has 2 atom stereocenters. The van der Waals surface area contributed by atoms with Crippen LogP contribution >= 0.6 is 0 Å². The van der Waals surface area contributed by atoms with Crippen molar-refractivity contribution in [3.05, 3.63) is 12.7 Å². The summed E-state index contributed by atoms with van der Waals surface area (Å²) in [5.41, 5.74) is 5.06. The van der Waals surface area contributed by atoms with Crippen LogP contribution in [-0.4, -0.2) is 47.9 Å². The summed E-state index contributed by atoms with van der Waals surface area (Å²) < 4.78 is 28.5. The molecule has 0 saturated heterocycles. The van der Waals surface area contributed by atoms with Crippen molar-refractivity contribution in [3.63, 3.8) is 0 Å². The van der Waals surface area contributed by atoms with Crippen LogP contribution in [-0.2, 0) is 19.7 Å². The fraction of sp³-hybridized carbons (Fsp3) is 0.556. The van der Waals surface area contributed by atoms with Gasteiger partial charge in [0, 0.05) is 18.9 Å². The van der Waals surface area contributed by atoms with Crippen molar-refractivity contribution in [2.24, 2.45) is 5.73 Å². The maximum Gasteiger partial charge on any atom is 1.00 e. The summed E-state index contributed by atoms with van der Waals surface area (Å²) in [6.07, 6.45) is 0.521. The molecule has 0 fully saturated rings. The average Bonchev–Trinajstić information content (AvgIpc) is 2.25. The minimum absolute atomic E-state index is 0. The Morgan fingerprint density at radius 3 is 1.81 bits per heavy atom. The van der Waals surface area contributed by atoms with Crippen molar-refractivity contribution in [2.75, 3.05) is 6.54 Å². The Morgan fingerprint density at radius 2 is 1.71 bits per heavy atom. The third kappa shape index (κ3) is 18.5. The predicted octanol–water partition coefficient (Wildman–Crippen LogP) is -9.98. The van der Waals surface area contributed by atoms with Gasteiger partial charge in [-0.15, -0.1) is 6.58 Å². The average molecular weight is 343 g/mol.